The lowest BCUT2D eigenvalue weighted by Gasteiger charge is -2.05. The van der Waals surface area contributed by atoms with E-state index in [2.05, 4.69) is 10.3 Å². The summed E-state index contributed by atoms with van der Waals surface area (Å²) in [5.41, 5.74) is 0.696. The highest BCUT2D eigenvalue weighted by Gasteiger charge is 2.17. The molecular weight excluding hydrogens is 251 g/mol. The van der Waals surface area contributed by atoms with Gasteiger partial charge in [0.15, 0.2) is 0 Å². The van der Waals surface area contributed by atoms with Gasteiger partial charge in [-0.25, -0.2) is 9.18 Å². The molecule has 98 valence electrons. The van der Waals surface area contributed by atoms with Crippen LogP contribution in [-0.2, 0) is 0 Å². The van der Waals surface area contributed by atoms with Crippen molar-refractivity contribution < 1.29 is 19.1 Å². The number of anilines is 1. The largest absolute Gasteiger partial charge is 0.478 e. The van der Waals surface area contributed by atoms with Crippen LogP contribution in [0, 0.1) is 12.7 Å². The molecule has 1 amide bonds. The van der Waals surface area contributed by atoms with Gasteiger partial charge in [-0.1, -0.05) is 6.07 Å². The van der Waals surface area contributed by atoms with Crippen LogP contribution in [0.5, 0.6) is 0 Å². The van der Waals surface area contributed by atoms with E-state index >= 15 is 0 Å². The van der Waals surface area contributed by atoms with E-state index in [9.17, 15) is 14.0 Å². The molecule has 0 saturated carbocycles. The maximum Gasteiger partial charge on any atom is 0.339 e. The second kappa shape index (κ2) is 4.93. The van der Waals surface area contributed by atoms with E-state index in [4.69, 9.17) is 5.11 Å². The summed E-state index contributed by atoms with van der Waals surface area (Å²) in [4.78, 5) is 25.6. The Kier molecular flexibility index (Phi) is 3.33. The molecule has 1 heterocycles. The Bertz CT molecular complexity index is 649. The molecule has 0 aliphatic heterocycles. The van der Waals surface area contributed by atoms with Crippen molar-refractivity contribution in [1.82, 2.24) is 4.98 Å². The number of rotatable bonds is 3. The van der Waals surface area contributed by atoms with Crippen molar-refractivity contribution in [1.29, 1.82) is 0 Å². The second-order valence-electron chi connectivity index (χ2n) is 3.97. The smallest absolute Gasteiger partial charge is 0.339 e. The quantitative estimate of drug-likeness (QED) is 0.794. The van der Waals surface area contributed by atoms with Gasteiger partial charge in [0.25, 0.3) is 5.91 Å². The van der Waals surface area contributed by atoms with Crippen LogP contribution in [0.4, 0.5) is 10.1 Å². The normalized spacial score (nSPS) is 10.2. The fraction of sp³-hybridized carbons (Fsp3) is 0.0769. The summed E-state index contributed by atoms with van der Waals surface area (Å²) < 4.78 is 13.0. The van der Waals surface area contributed by atoms with Crippen molar-refractivity contribution in [3.05, 3.63) is 53.1 Å². The average Bonchev–Trinajstić information content (AvgIpc) is 2.70. The summed E-state index contributed by atoms with van der Waals surface area (Å²) in [7, 11) is 0. The van der Waals surface area contributed by atoms with E-state index < -0.39 is 17.7 Å². The first-order chi connectivity index (χ1) is 8.99. The molecule has 0 saturated heterocycles. The molecule has 1 aromatic heterocycles. The zero-order valence-corrected chi connectivity index (χ0v) is 10.0. The third-order valence-corrected chi connectivity index (χ3v) is 2.63. The van der Waals surface area contributed by atoms with Crippen molar-refractivity contribution in [3.63, 3.8) is 0 Å². The fourth-order valence-electron chi connectivity index (χ4n) is 1.73. The Morgan fingerprint density at radius 2 is 2.11 bits per heavy atom. The predicted octanol–water partition coefficient (Wildman–Crippen LogP) is 2.41. The van der Waals surface area contributed by atoms with Crippen molar-refractivity contribution >= 4 is 17.6 Å². The first kappa shape index (κ1) is 12.8. The average molecular weight is 262 g/mol. The molecule has 2 aromatic rings. The van der Waals surface area contributed by atoms with Crippen molar-refractivity contribution in [2.45, 2.75) is 6.92 Å². The van der Waals surface area contributed by atoms with Crippen molar-refractivity contribution in [2.75, 3.05) is 5.32 Å². The first-order valence-corrected chi connectivity index (χ1v) is 5.47. The number of carboxylic acid groups (broad SMARTS) is 1. The van der Waals surface area contributed by atoms with Crippen LogP contribution in [-0.4, -0.2) is 22.0 Å². The molecular formula is C13H11FN2O3. The van der Waals surface area contributed by atoms with E-state index in [1.807, 2.05) is 0 Å². The third kappa shape index (κ3) is 2.62. The fourth-order valence-corrected chi connectivity index (χ4v) is 1.73. The molecule has 0 atom stereocenters. The molecule has 5 nitrogen and oxygen atoms in total. The molecule has 6 heteroatoms. The molecule has 0 unspecified atom stereocenters. The minimum absolute atomic E-state index is 0.00949. The van der Waals surface area contributed by atoms with E-state index in [1.54, 1.807) is 6.92 Å². The van der Waals surface area contributed by atoms with Gasteiger partial charge in [-0.15, -0.1) is 0 Å². The number of aryl methyl sites for hydroxylation is 1. The summed E-state index contributed by atoms with van der Waals surface area (Å²) in [6.45, 7) is 1.58. The van der Waals surface area contributed by atoms with E-state index in [-0.39, 0.29) is 16.8 Å². The number of carboxylic acids is 1. The first-order valence-electron chi connectivity index (χ1n) is 5.47. The SMILES string of the molecule is Cc1[nH]cc(NC(=O)c2cccc(F)c2)c1C(=O)O. The number of halogens is 1. The molecule has 0 spiro atoms. The van der Waals surface area contributed by atoms with Gasteiger partial charge >= 0.3 is 5.97 Å². The minimum Gasteiger partial charge on any atom is -0.478 e. The number of aromatic amines is 1. The lowest BCUT2D eigenvalue weighted by Crippen LogP contribution is -2.14. The summed E-state index contributed by atoms with van der Waals surface area (Å²) in [5.74, 6) is -2.24. The Hall–Kier alpha value is -2.63. The maximum absolute atomic E-state index is 13.0. The molecule has 19 heavy (non-hydrogen) atoms. The maximum atomic E-state index is 13.0. The molecule has 3 N–H and O–H groups in total. The number of carbonyl (C=O) groups is 2. The van der Waals surface area contributed by atoms with Gasteiger partial charge in [0.1, 0.15) is 11.4 Å². The van der Waals surface area contributed by atoms with Gasteiger partial charge in [0, 0.05) is 17.5 Å². The van der Waals surface area contributed by atoms with Crippen LogP contribution < -0.4 is 5.32 Å². The minimum atomic E-state index is -1.15. The number of carbonyl (C=O) groups excluding carboxylic acids is 1. The highest BCUT2D eigenvalue weighted by Crippen LogP contribution is 2.20. The topological polar surface area (TPSA) is 82.2 Å². The molecule has 0 radical (unpaired) electrons. The zero-order valence-electron chi connectivity index (χ0n) is 10.0. The van der Waals surface area contributed by atoms with Gasteiger partial charge in [-0.05, 0) is 25.1 Å². The Balaban J connectivity index is 2.27. The summed E-state index contributed by atoms with van der Waals surface area (Å²) in [6, 6.07) is 5.15. The number of aromatic carboxylic acids is 1. The number of hydrogen-bond acceptors (Lipinski definition) is 2. The second-order valence-corrected chi connectivity index (χ2v) is 3.97. The summed E-state index contributed by atoms with van der Waals surface area (Å²) in [5, 5.41) is 11.5. The monoisotopic (exact) mass is 262 g/mol. The van der Waals surface area contributed by atoms with Gasteiger partial charge in [-0.2, -0.15) is 0 Å². The highest BCUT2D eigenvalue weighted by molar-refractivity contribution is 6.08. The molecule has 1 aromatic carbocycles. The molecule has 0 aliphatic rings. The van der Waals surface area contributed by atoms with Crippen LogP contribution in [0.25, 0.3) is 0 Å². The van der Waals surface area contributed by atoms with Gasteiger partial charge in [0.05, 0.1) is 5.69 Å². The predicted molar refractivity (Wildman–Crippen MR) is 66.8 cm³/mol. The number of aromatic nitrogens is 1. The number of benzene rings is 1. The lowest BCUT2D eigenvalue weighted by molar-refractivity contribution is 0.0697. The zero-order chi connectivity index (χ0) is 14.0. The molecule has 0 aliphatic carbocycles. The van der Waals surface area contributed by atoms with Gasteiger partial charge < -0.3 is 15.4 Å². The Morgan fingerprint density at radius 3 is 2.74 bits per heavy atom. The molecule has 0 fully saturated rings. The summed E-state index contributed by atoms with van der Waals surface area (Å²) in [6.07, 6.45) is 1.38. The van der Waals surface area contributed by atoms with E-state index in [1.165, 1.54) is 24.4 Å². The van der Waals surface area contributed by atoms with Crippen molar-refractivity contribution in [2.24, 2.45) is 0 Å². The molecule has 0 bridgehead atoms. The van der Waals surface area contributed by atoms with Gasteiger partial charge in [0.2, 0.25) is 0 Å². The highest BCUT2D eigenvalue weighted by atomic mass is 19.1. The molecule has 2 rings (SSSR count). The van der Waals surface area contributed by atoms with Crippen LogP contribution in [0.2, 0.25) is 0 Å². The van der Waals surface area contributed by atoms with E-state index in [0.29, 0.717) is 5.69 Å². The van der Waals surface area contributed by atoms with Crippen LogP contribution in [0.3, 0.4) is 0 Å². The Morgan fingerprint density at radius 1 is 1.37 bits per heavy atom. The van der Waals surface area contributed by atoms with E-state index in [0.717, 1.165) is 6.07 Å². The third-order valence-electron chi connectivity index (χ3n) is 2.63. The van der Waals surface area contributed by atoms with Gasteiger partial charge in [-0.3, -0.25) is 4.79 Å². The van der Waals surface area contributed by atoms with Crippen molar-refractivity contribution in [3.8, 4) is 0 Å². The van der Waals surface area contributed by atoms with Crippen LogP contribution in [0.15, 0.2) is 30.5 Å². The summed E-state index contributed by atoms with van der Waals surface area (Å²) >= 11 is 0. The lowest BCUT2D eigenvalue weighted by atomic mass is 10.2. The number of H-pyrrole nitrogens is 1. The number of amides is 1. The van der Waals surface area contributed by atoms with Crippen LogP contribution in [0.1, 0.15) is 26.4 Å². The van der Waals surface area contributed by atoms with Crippen LogP contribution >= 0.6 is 0 Å². The standard InChI is InChI=1S/C13H11FN2O3/c1-7-11(13(18)19)10(6-15-7)16-12(17)8-3-2-4-9(14)5-8/h2-6,15H,1H3,(H,16,17)(H,18,19). The Labute approximate surface area is 108 Å². The number of nitrogens with one attached hydrogen (secondary N) is 2. The number of hydrogen-bond donors (Lipinski definition) is 3.